The van der Waals surface area contributed by atoms with Crippen LogP contribution in [0.15, 0.2) is 0 Å². The Morgan fingerprint density at radius 2 is 2.06 bits per heavy atom. The molecule has 2 bridgehead atoms. The van der Waals surface area contributed by atoms with Crippen LogP contribution >= 0.6 is 0 Å². The zero-order chi connectivity index (χ0) is 11.9. The first kappa shape index (κ1) is 12.0. The van der Waals surface area contributed by atoms with E-state index in [1.54, 1.807) is 0 Å². The Bertz CT molecular complexity index is 276. The van der Waals surface area contributed by atoms with Crippen molar-refractivity contribution in [1.82, 2.24) is 5.32 Å². The highest BCUT2D eigenvalue weighted by Crippen LogP contribution is 2.48. The van der Waals surface area contributed by atoms with Crippen LogP contribution < -0.4 is 5.32 Å². The molecule has 0 aromatic rings. The molecule has 2 aliphatic carbocycles. The second-order valence-corrected chi connectivity index (χ2v) is 7.14. The molecular formula is C15H27NO. The SMILES string of the molecule is CC1(C)CC(NCC2CC3CCC2C3)CCO1. The predicted octanol–water partition coefficient (Wildman–Crippen LogP) is 2.97. The molecule has 0 spiro atoms. The van der Waals surface area contributed by atoms with Gasteiger partial charge < -0.3 is 10.1 Å². The van der Waals surface area contributed by atoms with Crippen molar-refractivity contribution in [2.45, 2.75) is 64.0 Å². The number of hydrogen-bond donors (Lipinski definition) is 1. The molecule has 0 radical (unpaired) electrons. The van der Waals surface area contributed by atoms with Gasteiger partial charge in [0.15, 0.2) is 0 Å². The van der Waals surface area contributed by atoms with Crippen molar-refractivity contribution in [2.75, 3.05) is 13.2 Å². The number of nitrogens with one attached hydrogen (secondary N) is 1. The van der Waals surface area contributed by atoms with Crippen LogP contribution in [0.25, 0.3) is 0 Å². The molecule has 3 aliphatic rings. The first-order chi connectivity index (χ1) is 8.12. The minimum atomic E-state index is 0.0879. The molecule has 4 unspecified atom stereocenters. The van der Waals surface area contributed by atoms with Gasteiger partial charge >= 0.3 is 0 Å². The van der Waals surface area contributed by atoms with Gasteiger partial charge in [0, 0.05) is 12.6 Å². The zero-order valence-electron chi connectivity index (χ0n) is 11.4. The lowest BCUT2D eigenvalue weighted by Gasteiger charge is -2.37. The lowest BCUT2D eigenvalue weighted by molar-refractivity contribution is -0.0633. The molecule has 1 saturated heterocycles. The van der Waals surface area contributed by atoms with Gasteiger partial charge in [-0.2, -0.15) is 0 Å². The molecule has 1 heterocycles. The van der Waals surface area contributed by atoms with Crippen LogP contribution in [0, 0.1) is 17.8 Å². The fourth-order valence-corrected chi connectivity index (χ4v) is 4.35. The van der Waals surface area contributed by atoms with E-state index in [-0.39, 0.29) is 5.60 Å². The molecule has 3 rings (SSSR count). The largest absolute Gasteiger partial charge is 0.375 e. The van der Waals surface area contributed by atoms with Gasteiger partial charge in [0.2, 0.25) is 0 Å². The van der Waals surface area contributed by atoms with Crippen molar-refractivity contribution in [3.05, 3.63) is 0 Å². The van der Waals surface area contributed by atoms with Gasteiger partial charge in [-0.3, -0.25) is 0 Å². The lowest BCUT2D eigenvalue weighted by atomic mass is 9.88. The smallest absolute Gasteiger partial charge is 0.0641 e. The van der Waals surface area contributed by atoms with Crippen LogP contribution in [0.4, 0.5) is 0 Å². The topological polar surface area (TPSA) is 21.3 Å². The normalized spacial score (nSPS) is 44.1. The average Bonchev–Trinajstić information content (AvgIpc) is 2.86. The maximum absolute atomic E-state index is 5.78. The highest BCUT2D eigenvalue weighted by atomic mass is 16.5. The van der Waals surface area contributed by atoms with Gasteiger partial charge in [-0.25, -0.2) is 0 Å². The Labute approximate surface area is 105 Å². The van der Waals surface area contributed by atoms with Crippen LogP contribution in [0.3, 0.4) is 0 Å². The maximum atomic E-state index is 5.78. The Hall–Kier alpha value is -0.0800. The van der Waals surface area contributed by atoms with Gasteiger partial charge in [-0.05, 0) is 70.3 Å². The Morgan fingerprint density at radius 3 is 2.71 bits per heavy atom. The minimum absolute atomic E-state index is 0.0879. The van der Waals surface area contributed by atoms with Gasteiger partial charge in [-0.1, -0.05) is 6.42 Å². The molecule has 3 fully saturated rings. The first-order valence-corrected chi connectivity index (χ1v) is 7.50. The maximum Gasteiger partial charge on any atom is 0.0641 e. The summed E-state index contributed by atoms with van der Waals surface area (Å²) in [4.78, 5) is 0. The van der Waals surface area contributed by atoms with Crippen LogP contribution in [-0.2, 0) is 4.74 Å². The highest BCUT2D eigenvalue weighted by molar-refractivity contribution is 4.92. The van der Waals surface area contributed by atoms with Crippen molar-refractivity contribution in [1.29, 1.82) is 0 Å². The third kappa shape index (κ3) is 2.68. The lowest BCUT2D eigenvalue weighted by Crippen LogP contribution is -2.45. The molecule has 0 amide bonds. The van der Waals surface area contributed by atoms with E-state index in [1.807, 2.05) is 0 Å². The van der Waals surface area contributed by atoms with E-state index >= 15 is 0 Å². The molecule has 0 aromatic heterocycles. The van der Waals surface area contributed by atoms with Crippen molar-refractivity contribution in [3.63, 3.8) is 0 Å². The van der Waals surface area contributed by atoms with Crippen molar-refractivity contribution in [3.8, 4) is 0 Å². The number of hydrogen-bond acceptors (Lipinski definition) is 2. The third-order valence-corrected chi connectivity index (χ3v) is 5.25. The Kier molecular flexibility index (Phi) is 3.20. The molecule has 0 aromatic carbocycles. The van der Waals surface area contributed by atoms with E-state index in [9.17, 15) is 0 Å². The summed E-state index contributed by atoms with van der Waals surface area (Å²) in [6.07, 6.45) is 8.44. The monoisotopic (exact) mass is 237 g/mol. The molecule has 2 heteroatoms. The fraction of sp³-hybridized carbons (Fsp3) is 1.00. The van der Waals surface area contributed by atoms with Gasteiger partial charge in [-0.15, -0.1) is 0 Å². The summed E-state index contributed by atoms with van der Waals surface area (Å²) in [5.41, 5.74) is 0.0879. The summed E-state index contributed by atoms with van der Waals surface area (Å²) in [6, 6.07) is 0.692. The van der Waals surface area contributed by atoms with E-state index in [4.69, 9.17) is 4.74 Å². The molecule has 2 nitrogen and oxygen atoms in total. The van der Waals surface area contributed by atoms with E-state index in [2.05, 4.69) is 19.2 Å². The van der Waals surface area contributed by atoms with Gasteiger partial charge in [0.25, 0.3) is 0 Å². The molecule has 1 N–H and O–H groups in total. The molecule has 98 valence electrons. The molecule has 1 aliphatic heterocycles. The zero-order valence-corrected chi connectivity index (χ0v) is 11.4. The van der Waals surface area contributed by atoms with E-state index in [1.165, 1.54) is 45.1 Å². The van der Waals surface area contributed by atoms with E-state index < -0.39 is 0 Å². The van der Waals surface area contributed by atoms with Crippen LogP contribution in [0.2, 0.25) is 0 Å². The molecule has 4 atom stereocenters. The second-order valence-electron chi connectivity index (χ2n) is 7.14. The van der Waals surface area contributed by atoms with Crippen molar-refractivity contribution >= 4 is 0 Å². The summed E-state index contributed by atoms with van der Waals surface area (Å²) < 4.78 is 5.78. The fourth-order valence-electron chi connectivity index (χ4n) is 4.35. The number of fused-ring (bicyclic) bond motifs is 2. The Morgan fingerprint density at radius 1 is 1.18 bits per heavy atom. The second kappa shape index (κ2) is 4.55. The van der Waals surface area contributed by atoms with Crippen molar-refractivity contribution < 1.29 is 4.74 Å². The predicted molar refractivity (Wildman–Crippen MR) is 70.0 cm³/mol. The third-order valence-electron chi connectivity index (χ3n) is 5.25. The van der Waals surface area contributed by atoms with Crippen molar-refractivity contribution in [2.24, 2.45) is 17.8 Å². The number of rotatable bonds is 3. The molecule has 17 heavy (non-hydrogen) atoms. The standard InChI is InChI=1S/C15H27NO/c1-15(2)9-14(5-6-17-15)16-10-13-8-11-3-4-12(13)7-11/h11-14,16H,3-10H2,1-2H3. The first-order valence-electron chi connectivity index (χ1n) is 7.50. The Balaban J connectivity index is 1.45. The minimum Gasteiger partial charge on any atom is -0.375 e. The average molecular weight is 237 g/mol. The van der Waals surface area contributed by atoms with E-state index in [0.717, 1.165) is 24.4 Å². The van der Waals surface area contributed by atoms with Crippen LogP contribution in [0.5, 0.6) is 0 Å². The van der Waals surface area contributed by atoms with Crippen LogP contribution in [0.1, 0.15) is 52.4 Å². The summed E-state index contributed by atoms with van der Waals surface area (Å²) >= 11 is 0. The summed E-state index contributed by atoms with van der Waals surface area (Å²) in [5.74, 6) is 3.12. The summed E-state index contributed by atoms with van der Waals surface area (Å²) in [7, 11) is 0. The summed E-state index contributed by atoms with van der Waals surface area (Å²) in [5, 5.41) is 3.82. The highest BCUT2D eigenvalue weighted by Gasteiger charge is 2.39. The molecular weight excluding hydrogens is 210 g/mol. The van der Waals surface area contributed by atoms with Gasteiger partial charge in [0.05, 0.1) is 5.60 Å². The molecule has 2 saturated carbocycles. The number of ether oxygens (including phenoxy) is 1. The van der Waals surface area contributed by atoms with Crippen LogP contribution in [-0.4, -0.2) is 24.8 Å². The van der Waals surface area contributed by atoms with Gasteiger partial charge in [0.1, 0.15) is 0 Å². The summed E-state index contributed by atoms with van der Waals surface area (Å²) in [6.45, 7) is 6.64. The quantitative estimate of drug-likeness (QED) is 0.815. The van der Waals surface area contributed by atoms with E-state index in [0.29, 0.717) is 6.04 Å².